The zero-order valence-corrected chi connectivity index (χ0v) is 12.6. The van der Waals surface area contributed by atoms with Crippen molar-refractivity contribution in [3.8, 4) is 5.75 Å². The van der Waals surface area contributed by atoms with Crippen LogP contribution in [-0.2, 0) is 0 Å². The Kier molecular flexibility index (Phi) is 5.26. The molecule has 0 bridgehead atoms. The number of nitrogens with one attached hydrogen (secondary N) is 1. The average molecular weight is 296 g/mol. The molecule has 1 saturated heterocycles. The van der Waals surface area contributed by atoms with Gasteiger partial charge in [0.2, 0.25) is 0 Å². The Bertz CT molecular complexity index is 478. The second kappa shape index (κ2) is 6.95. The van der Waals surface area contributed by atoms with E-state index in [1.165, 1.54) is 25.8 Å². The first-order valence-corrected chi connectivity index (χ1v) is 7.42. The highest BCUT2D eigenvalue weighted by Crippen LogP contribution is 2.24. The van der Waals surface area contributed by atoms with Crippen LogP contribution in [0, 0.1) is 5.41 Å². The molecule has 1 atom stereocenters. The summed E-state index contributed by atoms with van der Waals surface area (Å²) in [5.41, 5.74) is 6.16. The van der Waals surface area contributed by atoms with Crippen LogP contribution in [0.3, 0.4) is 0 Å². The second-order valence-corrected chi connectivity index (χ2v) is 5.76. The number of benzene rings is 1. The lowest BCUT2D eigenvalue weighted by molar-refractivity contribution is 0.153. The van der Waals surface area contributed by atoms with Crippen molar-refractivity contribution < 1.29 is 4.74 Å². The molecule has 2 rings (SSSR count). The van der Waals surface area contributed by atoms with Crippen molar-refractivity contribution in [1.82, 2.24) is 4.90 Å². The molecule has 0 saturated carbocycles. The lowest BCUT2D eigenvalue weighted by Gasteiger charge is -2.32. The van der Waals surface area contributed by atoms with Gasteiger partial charge in [-0.15, -0.1) is 0 Å². The summed E-state index contributed by atoms with van der Waals surface area (Å²) in [5.74, 6) is 0.606. The first-order valence-electron chi connectivity index (χ1n) is 7.05. The van der Waals surface area contributed by atoms with Gasteiger partial charge in [0, 0.05) is 11.1 Å². The Hall–Kier alpha value is -1.26. The number of halogens is 1. The standard InChI is InChI=1S/C15H22ClN3O/c1-19-8-3-2-4-12(19)7-9-20-14-10-11(16)5-6-13(14)15(17)18/h5-6,10,12H,2-4,7-9H2,1H3,(H3,17,18). The zero-order valence-electron chi connectivity index (χ0n) is 11.9. The van der Waals surface area contributed by atoms with Crippen molar-refractivity contribution in [1.29, 1.82) is 5.41 Å². The van der Waals surface area contributed by atoms with Crippen LogP contribution in [0.15, 0.2) is 18.2 Å². The first-order chi connectivity index (χ1) is 9.58. The summed E-state index contributed by atoms with van der Waals surface area (Å²) >= 11 is 5.97. The van der Waals surface area contributed by atoms with E-state index in [4.69, 9.17) is 27.5 Å². The van der Waals surface area contributed by atoms with E-state index in [2.05, 4.69) is 11.9 Å². The number of amidine groups is 1. The highest BCUT2D eigenvalue weighted by atomic mass is 35.5. The fraction of sp³-hybridized carbons (Fsp3) is 0.533. The summed E-state index contributed by atoms with van der Waals surface area (Å²) in [7, 11) is 2.17. The lowest BCUT2D eigenvalue weighted by Crippen LogP contribution is -2.37. The van der Waals surface area contributed by atoms with Crippen molar-refractivity contribution in [2.75, 3.05) is 20.2 Å². The van der Waals surface area contributed by atoms with Crippen LogP contribution in [0.5, 0.6) is 5.75 Å². The van der Waals surface area contributed by atoms with Gasteiger partial charge in [0.05, 0.1) is 12.2 Å². The van der Waals surface area contributed by atoms with Crippen molar-refractivity contribution >= 4 is 17.4 Å². The minimum atomic E-state index is 0.00597. The van der Waals surface area contributed by atoms with Crippen LogP contribution >= 0.6 is 11.6 Å². The van der Waals surface area contributed by atoms with E-state index in [1.54, 1.807) is 18.2 Å². The van der Waals surface area contributed by atoms with Gasteiger partial charge in [-0.2, -0.15) is 0 Å². The molecule has 5 heteroatoms. The molecule has 1 heterocycles. The van der Waals surface area contributed by atoms with Crippen LogP contribution in [0.1, 0.15) is 31.2 Å². The van der Waals surface area contributed by atoms with E-state index in [0.717, 1.165) is 6.42 Å². The maximum atomic E-state index is 7.56. The maximum Gasteiger partial charge on any atom is 0.131 e. The number of hydrogen-bond donors (Lipinski definition) is 2. The number of rotatable bonds is 5. The Morgan fingerprint density at radius 2 is 2.30 bits per heavy atom. The van der Waals surface area contributed by atoms with Crippen LogP contribution in [0.4, 0.5) is 0 Å². The monoisotopic (exact) mass is 295 g/mol. The summed E-state index contributed by atoms with van der Waals surface area (Å²) in [6, 6.07) is 5.76. The molecule has 4 nitrogen and oxygen atoms in total. The molecule has 0 spiro atoms. The largest absolute Gasteiger partial charge is 0.493 e. The van der Waals surface area contributed by atoms with Gasteiger partial charge in [0.25, 0.3) is 0 Å². The van der Waals surface area contributed by atoms with Gasteiger partial charge >= 0.3 is 0 Å². The van der Waals surface area contributed by atoms with Gasteiger partial charge in [0.1, 0.15) is 11.6 Å². The third kappa shape index (κ3) is 3.87. The molecular formula is C15H22ClN3O. The topological polar surface area (TPSA) is 62.3 Å². The van der Waals surface area contributed by atoms with E-state index in [0.29, 0.717) is 29.0 Å². The molecule has 1 unspecified atom stereocenters. The first kappa shape index (κ1) is 15.1. The number of nitrogen functional groups attached to an aromatic ring is 1. The van der Waals surface area contributed by atoms with Gasteiger partial charge < -0.3 is 15.4 Å². The molecule has 0 amide bonds. The summed E-state index contributed by atoms with van der Waals surface area (Å²) in [5, 5.41) is 8.15. The molecule has 1 aromatic rings. The van der Waals surface area contributed by atoms with Crippen LogP contribution < -0.4 is 10.5 Å². The van der Waals surface area contributed by atoms with E-state index in [9.17, 15) is 0 Å². The van der Waals surface area contributed by atoms with E-state index < -0.39 is 0 Å². The quantitative estimate of drug-likeness (QED) is 0.648. The molecule has 0 aliphatic carbocycles. The molecule has 0 aromatic heterocycles. The van der Waals surface area contributed by atoms with Gasteiger partial charge in [0.15, 0.2) is 0 Å². The van der Waals surface area contributed by atoms with Crippen LogP contribution in [-0.4, -0.2) is 37.0 Å². The van der Waals surface area contributed by atoms with Gasteiger partial charge in [-0.1, -0.05) is 18.0 Å². The molecule has 1 aliphatic rings. The SMILES string of the molecule is CN1CCCCC1CCOc1cc(Cl)ccc1C(=N)N. The number of nitrogens with zero attached hydrogens (tertiary/aromatic N) is 1. The average Bonchev–Trinajstić information content (AvgIpc) is 2.41. The Balaban J connectivity index is 1.93. The summed E-state index contributed by atoms with van der Waals surface area (Å²) in [6.45, 7) is 1.79. The van der Waals surface area contributed by atoms with Crippen molar-refractivity contribution in [2.45, 2.75) is 31.7 Å². The Morgan fingerprint density at radius 3 is 3.00 bits per heavy atom. The van der Waals surface area contributed by atoms with Gasteiger partial charge in [-0.05, 0) is 51.1 Å². The van der Waals surface area contributed by atoms with Crippen LogP contribution in [0.25, 0.3) is 0 Å². The minimum absolute atomic E-state index is 0.00597. The number of hydrogen-bond acceptors (Lipinski definition) is 3. The third-order valence-corrected chi connectivity index (χ3v) is 4.10. The smallest absolute Gasteiger partial charge is 0.131 e. The van der Waals surface area contributed by atoms with Gasteiger partial charge in [-0.3, -0.25) is 5.41 Å². The number of nitrogens with two attached hydrogens (primary N) is 1. The Morgan fingerprint density at radius 1 is 1.50 bits per heavy atom. The molecule has 3 N–H and O–H groups in total. The molecule has 0 radical (unpaired) electrons. The maximum absolute atomic E-state index is 7.56. The van der Waals surface area contributed by atoms with E-state index in [-0.39, 0.29) is 5.84 Å². The molecule has 1 aromatic carbocycles. The predicted octanol–water partition coefficient (Wildman–Crippen LogP) is 2.88. The van der Waals surface area contributed by atoms with Gasteiger partial charge in [-0.25, -0.2) is 0 Å². The molecular weight excluding hydrogens is 274 g/mol. The van der Waals surface area contributed by atoms with E-state index >= 15 is 0 Å². The summed E-state index contributed by atoms with van der Waals surface area (Å²) in [6.07, 6.45) is 4.80. The third-order valence-electron chi connectivity index (χ3n) is 3.86. The fourth-order valence-electron chi connectivity index (χ4n) is 2.65. The van der Waals surface area contributed by atoms with Crippen molar-refractivity contribution in [2.24, 2.45) is 5.73 Å². The summed E-state index contributed by atoms with van der Waals surface area (Å²) in [4.78, 5) is 2.40. The number of likely N-dealkylation sites (tertiary alicyclic amines) is 1. The van der Waals surface area contributed by atoms with Crippen molar-refractivity contribution in [3.05, 3.63) is 28.8 Å². The number of piperidine rings is 1. The zero-order chi connectivity index (χ0) is 14.5. The second-order valence-electron chi connectivity index (χ2n) is 5.32. The Labute approximate surface area is 125 Å². The highest BCUT2D eigenvalue weighted by molar-refractivity contribution is 6.30. The fourth-order valence-corrected chi connectivity index (χ4v) is 2.81. The molecule has 1 aliphatic heterocycles. The molecule has 20 heavy (non-hydrogen) atoms. The normalized spacial score (nSPS) is 19.8. The predicted molar refractivity (Wildman–Crippen MR) is 82.8 cm³/mol. The lowest BCUT2D eigenvalue weighted by atomic mass is 10.0. The summed E-state index contributed by atoms with van der Waals surface area (Å²) < 4.78 is 5.80. The molecule has 110 valence electrons. The van der Waals surface area contributed by atoms with Crippen LogP contribution in [0.2, 0.25) is 5.02 Å². The molecule has 1 fully saturated rings. The highest BCUT2D eigenvalue weighted by Gasteiger charge is 2.18. The van der Waals surface area contributed by atoms with Crippen molar-refractivity contribution in [3.63, 3.8) is 0 Å². The number of ether oxygens (including phenoxy) is 1. The van der Waals surface area contributed by atoms with E-state index in [1.807, 2.05) is 0 Å². The minimum Gasteiger partial charge on any atom is -0.493 e.